The number of ketones is 1. The van der Waals surface area contributed by atoms with Crippen LogP contribution in [-0.2, 0) is 26.7 Å². The maximum Gasteiger partial charge on any atom is 0.237 e. The van der Waals surface area contributed by atoms with Crippen LogP contribution in [0.3, 0.4) is 0 Å². The zero-order valence-electron chi connectivity index (χ0n) is 16.7. The second-order valence-corrected chi connectivity index (χ2v) is 10.7. The molecule has 7 nitrogen and oxygen atoms in total. The standard InChI is InChI=1S/C21H22N4O3S2/c1-21(2,17-13-29-20(24-17)25-30(27,28)16-8-9-16)18(26)12-14-4-6-15(7-5-14)19-22-10-3-11-23-19/h3-7,10-11,13,16H,8-9,12H2,1-2H3,(H,24,25). The number of thiazole rings is 1. The number of aromatic nitrogens is 3. The van der Waals surface area contributed by atoms with Gasteiger partial charge in [-0.1, -0.05) is 24.3 Å². The maximum atomic E-state index is 13.0. The number of hydrogen-bond donors (Lipinski definition) is 1. The highest BCUT2D eigenvalue weighted by molar-refractivity contribution is 7.93. The number of nitrogens with zero attached hydrogens (tertiary/aromatic N) is 3. The van der Waals surface area contributed by atoms with Crippen molar-refractivity contribution in [3.8, 4) is 11.4 Å². The van der Waals surface area contributed by atoms with Gasteiger partial charge in [0, 0.05) is 29.8 Å². The van der Waals surface area contributed by atoms with Gasteiger partial charge < -0.3 is 0 Å². The molecule has 9 heteroatoms. The van der Waals surface area contributed by atoms with Gasteiger partial charge in [-0.2, -0.15) is 0 Å². The summed E-state index contributed by atoms with van der Waals surface area (Å²) in [5, 5.41) is 1.74. The van der Waals surface area contributed by atoms with Crippen LogP contribution in [0.25, 0.3) is 11.4 Å². The number of rotatable bonds is 8. The van der Waals surface area contributed by atoms with E-state index in [4.69, 9.17) is 0 Å². The molecule has 0 radical (unpaired) electrons. The van der Waals surface area contributed by atoms with Gasteiger partial charge in [-0.05, 0) is 38.3 Å². The average molecular weight is 443 g/mol. The maximum absolute atomic E-state index is 13.0. The fourth-order valence-corrected chi connectivity index (χ4v) is 5.44. The van der Waals surface area contributed by atoms with Crippen LogP contribution in [0.5, 0.6) is 0 Å². The molecule has 1 aromatic carbocycles. The first kappa shape index (κ1) is 20.6. The number of carbonyl (C=O) groups is 1. The van der Waals surface area contributed by atoms with E-state index in [9.17, 15) is 13.2 Å². The first-order chi connectivity index (χ1) is 14.3. The quantitative estimate of drug-likeness (QED) is 0.572. The van der Waals surface area contributed by atoms with Crippen molar-refractivity contribution in [2.45, 2.75) is 43.8 Å². The van der Waals surface area contributed by atoms with Gasteiger partial charge in [-0.25, -0.2) is 23.4 Å². The Bertz CT molecular complexity index is 1150. The summed E-state index contributed by atoms with van der Waals surface area (Å²) in [6, 6.07) is 9.36. The van der Waals surface area contributed by atoms with Crippen molar-refractivity contribution in [2.75, 3.05) is 4.72 Å². The number of Topliss-reactive ketones (excluding diaryl/α,β-unsaturated/α-hetero) is 1. The summed E-state index contributed by atoms with van der Waals surface area (Å²) in [5.41, 5.74) is 1.51. The fourth-order valence-electron chi connectivity index (χ4n) is 2.96. The molecular weight excluding hydrogens is 420 g/mol. The van der Waals surface area contributed by atoms with E-state index >= 15 is 0 Å². The summed E-state index contributed by atoms with van der Waals surface area (Å²) in [4.78, 5) is 25.8. The molecule has 156 valence electrons. The van der Waals surface area contributed by atoms with Crippen LogP contribution in [0, 0.1) is 0 Å². The lowest BCUT2D eigenvalue weighted by molar-refractivity contribution is -0.122. The number of nitrogens with one attached hydrogen (secondary N) is 1. The minimum atomic E-state index is -3.37. The van der Waals surface area contributed by atoms with Crippen LogP contribution in [0.4, 0.5) is 5.13 Å². The van der Waals surface area contributed by atoms with E-state index in [0.717, 1.165) is 11.1 Å². The number of benzene rings is 1. The van der Waals surface area contributed by atoms with Gasteiger partial charge in [0.1, 0.15) is 5.78 Å². The molecule has 1 aliphatic rings. The largest absolute Gasteiger partial charge is 0.298 e. The summed E-state index contributed by atoms with van der Waals surface area (Å²) in [6.07, 6.45) is 5.01. The molecule has 0 atom stereocenters. The molecule has 2 aromatic heterocycles. The monoisotopic (exact) mass is 442 g/mol. The molecule has 4 rings (SSSR count). The van der Waals surface area contributed by atoms with Crippen LogP contribution in [0.2, 0.25) is 0 Å². The van der Waals surface area contributed by atoms with Gasteiger partial charge >= 0.3 is 0 Å². The Labute approximate surface area is 179 Å². The van der Waals surface area contributed by atoms with Gasteiger partial charge in [0.15, 0.2) is 11.0 Å². The molecule has 1 saturated carbocycles. The minimum absolute atomic E-state index is 0.00751. The molecule has 0 spiro atoms. The predicted molar refractivity (Wildman–Crippen MR) is 117 cm³/mol. The fraction of sp³-hybridized carbons (Fsp3) is 0.333. The highest BCUT2D eigenvalue weighted by Crippen LogP contribution is 2.33. The van der Waals surface area contributed by atoms with Gasteiger partial charge in [-0.15, -0.1) is 11.3 Å². The Hall–Kier alpha value is -2.65. The van der Waals surface area contributed by atoms with Crippen molar-refractivity contribution >= 4 is 32.3 Å². The SMILES string of the molecule is CC(C)(C(=O)Cc1ccc(-c2ncccn2)cc1)c1csc(NS(=O)(=O)C2CC2)n1. The third kappa shape index (κ3) is 4.41. The van der Waals surface area contributed by atoms with Crippen LogP contribution in [0.1, 0.15) is 37.9 Å². The highest BCUT2D eigenvalue weighted by Gasteiger charge is 2.37. The molecule has 0 bridgehead atoms. The van der Waals surface area contributed by atoms with Crippen molar-refractivity contribution in [1.82, 2.24) is 15.0 Å². The van der Waals surface area contributed by atoms with E-state index in [-0.39, 0.29) is 17.5 Å². The van der Waals surface area contributed by atoms with E-state index < -0.39 is 15.4 Å². The van der Waals surface area contributed by atoms with Gasteiger partial charge in [0.2, 0.25) is 10.0 Å². The van der Waals surface area contributed by atoms with Gasteiger partial charge in [0.05, 0.1) is 16.4 Å². The van der Waals surface area contributed by atoms with Crippen molar-refractivity contribution < 1.29 is 13.2 Å². The molecule has 2 heterocycles. The lowest BCUT2D eigenvalue weighted by atomic mass is 9.82. The van der Waals surface area contributed by atoms with Crippen LogP contribution < -0.4 is 4.72 Å². The first-order valence-corrected chi connectivity index (χ1v) is 12.1. The van der Waals surface area contributed by atoms with Crippen molar-refractivity contribution in [1.29, 1.82) is 0 Å². The lowest BCUT2D eigenvalue weighted by Crippen LogP contribution is -2.31. The Kier molecular flexibility index (Phi) is 5.42. The predicted octanol–water partition coefficient (Wildman–Crippen LogP) is 3.59. The molecule has 1 fully saturated rings. The van der Waals surface area contributed by atoms with Crippen molar-refractivity contribution in [3.63, 3.8) is 0 Å². The summed E-state index contributed by atoms with van der Waals surface area (Å²) >= 11 is 1.20. The smallest absolute Gasteiger partial charge is 0.237 e. The second kappa shape index (κ2) is 7.88. The molecular formula is C21H22N4O3S2. The molecule has 0 unspecified atom stereocenters. The Morgan fingerprint density at radius 3 is 2.47 bits per heavy atom. The summed E-state index contributed by atoms with van der Waals surface area (Å²) in [7, 11) is -3.37. The zero-order valence-corrected chi connectivity index (χ0v) is 18.3. The van der Waals surface area contributed by atoms with Gasteiger partial charge in [0.25, 0.3) is 0 Å². The molecule has 3 aromatic rings. The van der Waals surface area contributed by atoms with E-state index in [1.807, 2.05) is 38.1 Å². The van der Waals surface area contributed by atoms with E-state index in [2.05, 4.69) is 19.7 Å². The minimum Gasteiger partial charge on any atom is -0.298 e. The molecule has 30 heavy (non-hydrogen) atoms. The van der Waals surface area contributed by atoms with Gasteiger partial charge in [-0.3, -0.25) is 9.52 Å². The number of sulfonamides is 1. The second-order valence-electron chi connectivity index (χ2n) is 7.88. The van der Waals surface area contributed by atoms with Crippen molar-refractivity contribution in [2.24, 2.45) is 0 Å². The van der Waals surface area contributed by atoms with Crippen LogP contribution in [0.15, 0.2) is 48.1 Å². The Morgan fingerprint density at radius 1 is 1.17 bits per heavy atom. The molecule has 1 aliphatic carbocycles. The first-order valence-electron chi connectivity index (χ1n) is 9.63. The normalized spacial score (nSPS) is 14.5. The van der Waals surface area contributed by atoms with Crippen molar-refractivity contribution in [3.05, 3.63) is 59.4 Å². The highest BCUT2D eigenvalue weighted by atomic mass is 32.2. The average Bonchev–Trinajstić information content (AvgIpc) is 3.50. The molecule has 0 amide bonds. The van der Waals surface area contributed by atoms with Crippen LogP contribution >= 0.6 is 11.3 Å². The third-order valence-corrected chi connectivity index (χ3v) is 7.89. The summed E-state index contributed by atoms with van der Waals surface area (Å²) in [5.74, 6) is 0.646. The number of hydrogen-bond acceptors (Lipinski definition) is 7. The number of anilines is 1. The topological polar surface area (TPSA) is 102 Å². The lowest BCUT2D eigenvalue weighted by Gasteiger charge is -2.21. The molecule has 1 N–H and O–H groups in total. The van der Waals surface area contributed by atoms with E-state index in [0.29, 0.717) is 29.5 Å². The molecule has 0 aliphatic heterocycles. The zero-order chi connectivity index (χ0) is 21.4. The van der Waals surface area contributed by atoms with E-state index in [1.54, 1.807) is 23.8 Å². The Balaban J connectivity index is 1.45. The molecule has 0 saturated heterocycles. The Morgan fingerprint density at radius 2 is 1.83 bits per heavy atom. The van der Waals surface area contributed by atoms with Crippen LogP contribution in [-0.4, -0.2) is 34.4 Å². The summed E-state index contributed by atoms with van der Waals surface area (Å²) in [6.45, 7) is 3.63. The van der Waals surface area contributed by atoms with E-state index in [1.165, 1.54) is 11.3 Å². The number of carbonyl (C=O) groups excluding carboxylic acids is 1. The third-order valence-electron chi connectivity index (χ3n) is 5.18. The summed E-state index contributed by atoms with van der Waals surface area (Å²) < 4.78 is 26.8.